The Hall–Kier alpha value is -2.08. The van der Waals surface area contributed by atoms with Gasteiger partial charge >= 0.3 is 0 Å². The summed E-state index contributed by atoms with van der Waals surface area (Å²) in [6.07, 6.45) is 2.93. The Morgan fingerprint density at radius 3 is 1.44 bits per heavy atom. The highest BCUT2D eigenvalue weighted by Crippen LogP contribution is 2.33. The molecule has 0 aliphatic carbocycles. The van der Waals surface area contributed by atoms with Crippen molar-refractivity contribution in [3.63, 3.8) is 0 Å². The maximum absolute atomic E-state index is 11.3. The van der Waals surface area contributed by atoms with Crippen LogP contribution in [-0.4, -0.2) is 62.2 Å². The third kappa shape index (κ3) is 5.45. The first-order valence-electron chi connectivity index (χ1n) is 12.3. The van der Waals surface area contributed by atoms with E-state index in [-0.39, 0.29) is 17.8 Å². The van der Waals surface area contributed by atoms with E-state index in [1.54, 1.807) is 0 Å². The lowest BCUT2D eigenvalue weighted by atomic mass is 9.76. The van der Waals surface area contributed by atoms with Gasteiger partial charge in [-0.25, -0.2) is 0 Å². The average Bonchev–Trinajstić information content (AvgIpc) is 2.88. The van der Waals surface area contributed by atoms with Crippen LogP contribution in [0.25, 0.3) is 0 Å². The Labute approximate surface area is 193 Å². The zero-order valence-corrected chi connectivity index (χ0v) is 19.3. The molecule has 0 bridgehead atoms. The number of para-hydroxylation sites is 2. The summed E-state index contributed by atoms with van der Waals surface area (Å²) in [5, 5.41) is 25.9. The smallest absolute Gasteiger partial charge is 0.0634 e. The molecule has 0 aromatic heterocycles. The fraction of sp³-hybridized carbons (Fsp3) is 0.556. The van der Waals surface area contributed by atoms with E-state index in [2.05, 4.69) is 63.6 Å². The summed E-state index contributed by atoms with van der Waals surface area (Å²) >= 11 is 0. The largest absolute Gasteiger partial charge is 0.392 e. The molecule has 2 aromatic rings. The van der Waals surface area contributed by atoms with Crippen molar-refractivity contribution < 1.29 is 10.2 Å². The van der Waals surface area contributed by atoms with Crippen LogP contribution in [0.5, 0.6) is 0 Å². The molecular formula is C27H39N3O2. The molecule has 0 radical (unpaired) electrons. The number of anilines is 2. The van der Waals surface area contributed by atoms with Crippen LogP contribution < -0.4 is 15.1 Å². The van der Waals surface area contributed by atoms with Crippen molar-refractivity contribution in [3.8, 4) is 0 Å². The predicted molar refractivity (Wildman–Crippen MR) is 132 cm³/mol. The molecule has 2 unspecified atom stereocenters. The maximum atomic E-state index is 11.3. The van der Waals surface area contributed by atoms with Crippen molar-refractivity contribution >= 4 is 11.4 Å². The first-order chi connectivity index (χ1) is 15.7. The molecule has 4 rings (SSSR count). The molecule has 0 saturated carbocycles. The van der Waals surface area contributed by atoms with Crippen molar-refractivity contribution in [1.82, 2.24) is 5.32 Å². The highest BCUT2D eigenvalue weighted by molar-refractivity contribution is 5.47. The van der Waals surface area contributed by atoms with Gasteiger partial charge in [0.15, 0.2) is 0 Å². The number of piperidine rings is 2. The van der Waals surface area contributed by atoms with Crippen LogP contribution in [0.3, 0.4) is 0 Å². The lowest BCUT2D eigenvalue weighted by Crippen LogP contribution is -2.49. The van der Waals surface area contributed by atoms with Crippen LogP contribution in [0.2, 0.25) is 0 Å². The van der Waals surface area contributed by atoms with E-state index in [0.29, 0.717) is 6.54 Å². The summed E-state index contributed by atoms with van der Waals surface area (Å²) in [5.41, 5.74) is 2.52. The molecule has 2 saturated heterocycles. The molecule has 3 N–H and O–H groups in total. The molecule has 5 nitrogen and oxygen atoms in total. The summed E-state index contributed by atoms with van der Waals surface area (Å²) in [4.78, 5) is 4.82. The van der Waals surface area contributed by atoms with E-state index in [1.807, 2.05) is 19.2 Å². The van der Waals surface area contributed by atoms with Gasteiger partial charge in [-0.1, -0.05) is 36.4 Å². The first kappa shape index (κ1) is 23.1. The Bertz CT molecular complexity index is 722. The van der Waals surface area contributed by atoms with Crippen molar-refractivity contribution in [2.24, 2.45) is 17.8 Å². The Kier molecular flexibility index (Phi) is 8.06. The van der Waals surface area contributed by atoms with Crippen LogP contribution in [-0.2, 0) is 0 Å². The number of hydrogen-bond acceptors (Lipinski definition) is 5. The number of nitrogens with one attached hydrogen (secondary N) is 1. The minimum atomic E-state index is -0.470. The minimum Gasteiger partial charge on any atom is -0.392 e. The lowest BCUT2D eigenvalue weighted by Gasteiger charge is -2.42. The molecule has 2 heterocycles. The number of rotatable bonds is 8. The number of aliphatic hydroxyl groups is 2. The molecule has 2 atom stereocenters. The van der Waals surface area contributed by atoms with Crippen LogP contribution in [0, 0.1) is 17.8 Å². The predicted octanol–water partition coefficient (Wildman–Crippen LogP) is 3.38. The van der Waals surface area contributed by atoms with Crippen molar-refractivity contribution in [3.05, 3.63) is 60.7 Å². The van der Waals surface area contributed by atoms with E-state index >= 15 is 0 Å². The van der Waals surface area contributed by atoms with Gasteiger partial charge in [0.1, 0.15) is 0 Å². The van der Waals surface area contributed by atoms with Gasteiger partial charge in [-0.3, -0.25) is 0 Å². The topological polar surface area (TPSA) is 59.0 Å². The molecular weight excluding hydrogens is 398 g/mol. The second-order valence-corrected chi connectivity index (χ2v) is 9.52. The summed E-state index contributed by atoms with van der Waals surface area (Å²) in [6, 6.07) is 21.1. The normalized spacial score (nSPS) is 21.3. The van der Waals surface area contributed by atoms with Gasteiger partial charge in [-0.2, -0.15) is 0 Å². The van der Waals surface area contributed by atoms with Gasteiger partial charge in [0.2, 0.25) is 0 Å². The van der Waals surface area contributed by atoms with Gasteiger partial charge in [-0.05, 0) is 68.8 Å². The SMILES string of the molecule is CNCC(C(O)C1CCN(c2ccccc2)CC1)C(O)C1CCN(c2ccccc2)CC1. The third-order valence-corrected chi connectivity index (χ3v) is 7.61. The minimum absolute atomic E-state index is 0.124. The quantitative estimate of drug-likeness (QED) is 0.591. The van der Waals surface area contributed by atoms with Crippen LogP contribution in [0.15, 0.2) is 60.7 Å². The second-order valence-electron chi connectivity index (χ2n) is 9.52. The molecule has 32 heavy (non-hydrogen) atoms. The fourth-order valence-electron chi connectivity index (χ4n) is 5.65. The van der Waals surface area contributed by atoms with Gasteiger partial charge in [0, 0.05) is 50.0 Å². The molecule has 174 valence electrons. The number of aliphatic hydroxyl groups excluding tert-OH is 2. The monoisotopic (exact) mass is 437 g/mol. The van der Waals surface area contributed by atoms with Gasteiger partial charge < -0.3 is 25.3 Å². The Morgan fingerprint density at radius 2 is 1.09 bits per heavy atom. The van der Waals surface area contributed by atoms with Crippen molar-refractivity contribution in [2.45, 2.75) is 37.9 Å². The standard InChI is InChI=1S/C27H39N3O2/c1-28-20-25(26(31)21-12-16-29(17-13-21)23-8-4-2-5-9-23)27(32)22-14-18-30(19-15-22)24-10-6-3-7-11-24/h2-11,21-22,25-28,31-32H,12-20H2,1H3. The summed E-state index contributed by atoms with van der Waals surface area (Å²) in [6.45, 7) is 4.50. The van der Waals surface area contributed by atoms with Crippen molar-refractivity contribution in [1.29, 1.82) is 0 Å². The molecule has 2 aliphatic rings. The zero-order valence-electron chi connectivity index (χ0n) is 19.3. The molecule has 5 heteroatoms. The Morgan fingerprint density at radius 1 is 0.719 bits per heavy atom. The average molecular weight is 438 g/mol. The maximum Gasteiger partial charge on any atom is 0.0634 e. The number of nitrogens with zero attached hydrogens (tertiary/aromatic N) is 2. The van der Waals surface area contributed by atoms with E-state index in [1.165, 1.54) is 11.4 Å². The summed E-state index contributed by atoms with van der Waals surface area (Å²) in [7, 11) is 1.92. The molecule has 2 aliphatic heterocycles. The number of hydrogen-bond donors (Lipinski definition) is 3. The number of benzene rings is 2. The first-order valence-corrected chi connectivity index (χ1v) is 12.3. The Balaban J connectivity index is 1.32. The van der Waals surface area contributed by atoms with E-state index in [0.717, 1.165) is 51.9 Å². The van der Waals surface area contributed by atoms with E-state index < -0.39 is 12.2 Å². The third-order valence-electron chi connectivity index (χ3n) is 7.61. The van der Waals surface area contributed by atoms with Gasteiger partial charge in [0.25, 0.3) is 0 Å². The van der Waals surface area contributed by atoms with Crippen LogP contribution >= 0.6 is 0 Å². The zero-order chi connectivity index (χ0) is 22.3. The van der Waals surface area contributed by atoms with Gasteiger partial charge in [0.05, 0.1) is 12.2 Å². The van der Waals surface area contributed by atoms with E-state index in [4.69, 9.17) is 0 Å². The highest BCUT2D eigenvalue weighted by Gasteiger charge is 2.38. The molecule has 2 aromatic carbocycles. The van der Waals surface area contributed by atoms with Gasteiger partial charge in [-0.15, -0.1) is 0 Å². The highest BCUT2D eigenvalue weighted by atomic mass is 16.3. The van der Waals surface area contributed by atoms with Crippen LogP contribution in [0.1, 0.15) is 25.7 Å². The summed E-state index contributed by atoms with van der Waals surface area (Å²) in [5.74, 6) is 0.362. The van der Waals surface area contributed by atoms with Crippen molar-refractivity contribution in [2.75, 3.05) is 49.6 Å². The van der Waals surface area contributed by atoms with Crippen LogP contribution in [0.4, 0.5) is 11.4 Å². The molecule has 2 fully saturated rings. The summed E-state index contributed by atoms with van der Waals surface area (Å²) < 4.78 is 0. The molecule has 0 spiro atoms. The van der Waals surface area contributed by atoms with E-state index in [9.17, 15) is 10.2 Å². The lowest BCUT2D eigenvalue weighted by molar-refractivity contribution is -0.0498. The molecule has 0 amide bonds. The fourth-order valence-corrected chi connectivity index (χ4v) is 5.65. The second kappa shape index (κ2) is 11.2.